The molecule has 0 radical (unpaired) electrons. The molecule has 1 heterocycles. The van der Waals surface area contributed by atoms with Gasteiger partial charge in [-0.15, -0.1) is 0 Å². The van der Waals surface area contributed by atoms with Gasteiger partial charge in [0.25, 0.3) is 0 Å². The fourth-order valence-corrected chi connectivity index (χ4v) is 2.89. The topological polar surface area (TPSA) is 24.5 Å². The van der Waals surface area contributed by atoms with Crippen molar-refractivity contribution >= 4 is 0 Å². The molecule has 0 saturated carbocycles. The summed E-state index contributed by atoms with van der Waals surface area (Å²) in [5.41, 5.74) is 0.328. The van der Waals surface area contributed by atoms with Crippen LogP contribution < -0.4 is 5.32 Å². The van der Waals surface area contributed by atoms with Crippen molar-refractivity contribution in [2.45, 2.75) is 39.7 Å². The highest BCUT2D eigenvalue weighted by atomic mass is 16.5. The molecular formula is C14H30N2O. The van der Waals surface area contributed by atoms with Gasteiger partial charge < -0.3 is 15.0 Å². The molecule has 3 nitrogen and oxygen atoms in total. The molecule has 0 aliphatic carbocycles. The van der Waals surface area contributed by atoms with Crippen LogP contribution in [0.25, 0.3) is 0 Å². The van der Waals surface area contributed by atoms with Gasteiger partial charge in [0.05, 0.1) is 6.61 Å². The quantitative estimate of drug-likeness (QED) is 0.739. The molecule has 0 aromatic heterocycles. The van der Waals surface area contributed by atoms with Crippen molar-refractivity contribution in [3.63, 3.8) is 0 Å². The van der Waals surface area contributed by atoms with Gasteiger partial charge in [0, 0.05) is 31.2 Å². The SMILES string of the molecule is CNCC1(CN(C)C(C)CC(C)C)CCOC1. The minimum atomic E-state index is 0.328. The Morgan fingerprint density at radius 3 is 2.53 bits per heavy atom. The standard InChI is InChI=1S/C14H30N2O/c1-12(2)8-13(3)16(5)10-14(9-15-4)6-7-17-11-14/h12-13,15H,6-11H2,1-5H3. The van der Waals surface area contributed by atoms with E-state index in [9.17, 15) is 0 Å². The van der Waals surface area contributed by atoms with Crippen LogP contribution >= 0.6 is 0 Å². The van der Waals surface area contributed by atoms with Crippen molar-refractivity contribution in [3.05, 3.63) is 0 Å². The highest BCUT2D eigenvalue weighted by Crippen LogP contribution is 2.29. The van der Waals surface area contributed by atoms with Gasteiger partial charge in [0.2, 0.25) is 0 Å². The second-order valence-electron chi connectivity index (χ2n) is 6.23. The lowest BCUT2D eigenvalue weighted by Crippen LogP contribution is -2.45. The average Bonchev–Trinajstić information content (AvgIpc) is 2.66. The van der Waals surface area contributed by atoms with Crippen molar-refractivity contribution in [1.82, 2.24) is 10.2 Å². The van der Waals surface area contributed by atoms with E-state index < -0.39 is 0 Å². The molecule has 1 aliphatic heterocycles. The molecule has 0 aromatic carbocycles. The van der Waals surface area contributed by atoms with Gasteiger partial charge in [0.1, 0.15) is 0 Å². The maximum Gasteiger partial charge on any atom is 0.0547 e. The molecule has 1 saturated heterocycles. The second kappa shape index (κ2) is 6.72. The summed E-state index contributed by atoms with van der Waals surface area (Å²) in [5, 5.41) is 3.33. The van der Waals surface area contributed by atoms with Crippen LogP contribution in [0.3, 0.4) is 0 Å². The Bertz CT molecular complexity index is 212. The summed E-state index contributed by atoms with van der Waals surface area (Å²) < 4.78 is 5.61. The Morgan fingerprint density at radius 1 is 1.35 bits per heavy atom. The third-order valence-corrected chi connectivity index (χ3v) is 3.89. The number of hydrogen-bond acceptors (Lipinski definition) is 3. The minimum absolute atomic E-state index is 0.328. The van der Waals surface area contributed by atoms with Crippen molar-refractivity contribution in [3.8, 4) is 0 Å². The van der Waals surface area contributed by atoms with Crippen molar-refractivity contribution in [2.24, 2.45) is 11.3 Å². The molecule has 2 atom stereocenters. The van der Waals surface area contributed by atoms with E-state index in [0.717, 1.165) is 32.2 Å². The molecule has 17 heavy (non-hydrogen) atoms. The van der Waals surface area contributed by atoms with Crippen LogP contribution in [-0.2, 0) is 4.74 Å². The molecule has 0 spiro atoms. The molecule has 3 heteroatoms. The molecule has 0 bridgehead atoms. The number of hydrogen-bond donors (Lipinski definition) is 1. The van der Waals surface area contributed by atoms with Gasteiger partial charge in [-0.05, 0) is 39.8 Å². The molecule has 1 aliphatic rings. The van der Waals surface area contributed by atoms with Crippen LogP contribution in [0.2, 0.25) is 0 Å². The summed E-state index contributed by atoms with van der Waals surface area (Å²) in [5.74, 6) is 0.771. The van der Waals surface area contributed by atoms with Gasteiger partial charge in [-0.2, -0.15) is 0 Å². The van der Waals surface area contributed by atoms with E-state index in [1.807, 2.05) is 7.05 Å². The van der Waals surface area contributed by atoms with Crippen molar-refractivity contribution < 1.29 is 4.74 Å². The first kappa shape index (κ1) is 14.9. The molecule has 102 valence electrons. The maximum atomic E-state index is 5.61. The van der Waals surface area contributed by atoms with E-state index in [0.29, 0.717) is 11.5 Å². The zero-order valence-corrected chi connectivity index (χ0v) is 12.3. The summed E-state index contributed by atoms with van der Waals surface area (Å²) in [6.07, 6.45) is 2.46. The predicted molar refractivity (Wildman–Crippen MR) is 73.3 cm³/mol. The molecule has 0 amide bonds. The average molecular weight is 242 g/mol. The molecular weight excluding hydrogens is 212 g/mol. The zero-order chi connectivity index (χ0) is 12.9. The molecule has 1 N–H and O–H groups in total. The molecule has 1 fully saturated rings. The van der Waals surface area contributed by atoms with E-state index in [1.54, 1.807) is 0 Å². The van der Waals surface area contributed by atoms with Crippen LogP contribution in [0, 0.1) is 11.3 Å². The van der Waals surface area contributed by atoms with Gasteiger partial charge in [0.15, 0.2) is 0 Å². The highest BCUT2D eigenvalue weighted by molar-refractivity contribution is 4.88. The van der Waals surface area contributed by atoms with Crippen molar-refractivity contribution in [1.29, 1.82) is 0 Å². The summed E-state index contributed by atoms with van der Waals surface area (Å²) in [4.78, 5) is 2.51. The second-order valence-corrected chi connectivity index (χ2v) is 6.23. The number of rotatable bonds is 7. The smallest absolute Gasteiger partial charge is 0.0547 e. The number of ether oxygens (including phenoxy) is 1. The fourth-order valence-electron chi connectivity index (χ4n) is 2.89. The van der Waals surface area contributed by atoms with Gasteiger partial charge in [-0.25, -0.2) is 0 Å². The van der Waals surface area contributed by atoms with Crippen LogP contribution in [0.15, 0.2) is 0 Å². The van der Waals surface area contributed by atoms with Crippen LogP contribution in [0.1, 0.15) is 33.6 Å². The first-order valence-corrected chi connectivity index (χ1v) is 6.92. The third-order valence-electron chi connectivity index (χ3n) is 3.89. The first-order valence-electron chi connectivity index (χ1n) is 6.92. The van der Waals surface area contributed by atoms with E-state index in [2.05, 4.69) is 38.0 Å². The Labute approximate surface area is 107 Å². The monoisotopic (exact) mass is 242 g/mol. The summed E-state index contributed by atoms with van der Waals surface area (Å²) in [6, 6.07) is 0.657. The normalized spacial score (nSPS) is 27.0. The lowest BCUT2D eigenvalue weighted by atomic mass is 9.86. The fraction of sp³-hybridized carbons (Fsp3) is 1.00. The number of nitrogens with one attached hydrogen (secondary N) is 1. The van der Waals surface area contributed by atoms with Gasteiger partial charge >= 0.3 is 0 Å². The lowest BCUT2D eigenvalue weighted by molar-refractivity contribution is 0.100. The zero-order valence-electron chi connectivity index (χ0n) is 12.3. The summed E-state index contributed by atoms with van der Waals surface area (Å²) in [6.45, 7) is 11.0. The minimum Gasteiger partial charge on any atom is -0.381 e. The number of nitrogens with zero attached hydrogens (tertiary/aromatic N) is 1. The van der Waals surface area contributed by atoms with Crippen LogP contribution in [-0.4, -0.2) is 51.3 Å². The lowest BCUT2D eigenvalue weighted by Gasteiger charge is -2.35. The van der Waals surface area contributed by atoms with E-state index in [4.69, 9.17) is 4.74 Å². The molecule has 1 rings (SSSR count). The highest BCUT2D eigenvalue weighted by Gasteiger charge is 2.36. The van der Waals surface area contributed by atoms with Crippen LogP contribution in [0.4, 0.5) is 0 Å². The van der Waals surface area contributed by atoms with Gasteiger partial charge in [-0.3, -0.25) is 0 Å². The summed E-state index contributed by atoms with van der Waals surface area (Å²) >= 11 is 0. The van der Waals surface area contributed by atoms with Gasteiger partial charge in [-0.1, -0.05) is 13.8 Å². The third kappa shape index (κ3) is 4.57. The van der Waals surface area contributed by atoms with E-state index >= 15 is 0 Å². The summed E-state index contributed by atoms with van der Waals surface area (Å²) in [7, 11) is 4.29. The molecule has 2 unspecified atom stereocenters. The predicted octanol–water partition coefficient (Wildman–Crippen LogP) is 1.98. The van der Waals surface area contributed by atoms with Crippen molar-refractivity contribution in [2.75, 3.05) is 40.4 Å². The van der Waals surface area contributed by atoms with E-state index in [1.165, 1.54) is 12.8 Å². The Balaban J connectivity index is 2.49. The Hall–Kier alpha value is -0.120. The first-order chi connectivity index (χ1) is 7.99. The van der Waals surface area contributed by atoms with Crippen LogP contribution in [0.5, 0.6) is 0 Å². The largest absolute Gasteiger partial charge is 0.381 e. The Morgan fingerprint density at radius 2 is 2.06 bits per heavy atom. The molecule has 0 aromatic rings. The maximum absolute atomic E-state index is 5.61. The Kier molecular flexibility index (Phi) is 5.90. The van der Waals surface area contributed by atoms with E-state index in [-0.39, 0.29) is 0 Å².